The smallest absolute Gasteiger partial charge is 0.416 e. The Hall–Kier alpha value is -3.94. The van der Waals surface area contributed by atoms with E-state index < -0.39 is 29.3 Å². The molecule has 4 aliphatic rings. The van der Waals surface area contributed by atoms with Gasteiger partial charge in [-0.1, -0.05) is 30.3 Å². The number of halogens is 5. The van der Waals surface area contributed by atoms with Gasteiger partial charge in [-0.3, -0.25) is 0 Å². The Bertz CT molecular complexity index is 1580. The van der Waals surface area contributed by atoms with Crippen LogP contribution in [-0.4, -0.2) is 11.1 Å². The van der Waals surface area contributed by atoms with Gasteiger partial charge in [-0.2, -0.15) is 13.2 Å². The van der Waals surface area contributed by atoms with E-state index in [9.17, 15) is 26.7 Å². The third-order valence-corrected chi connectivity index (χ3v) is 9.70. The highest BCUT2D eigenvalue weighted by molar-refractivity contribution is 5.85. The van der Waals surface area contributed by atoms with E-state index in [1.807, 2.05) is 6.07 Å². The first kappa shape index (κ1) is 31.1. The molecule has 236 valence electrons. The minimum atomic E-state index is -4.52. The Kier molecular flexibility index (Phi) is 8.59. The van der Waals surface area contributed by atoms with Crippen LogP contribution < -0.4 is 4.74 Å². The summed E-state index contributed by atoms with van der Waals surface area (Å²) in [5.41, 5.74) is 2.33. The molecule has 1 N–H and O–H groups in total. The molecule has 0 aliphatic heterocycles. The standard InChI is InChI=1S/C37H35F5O3/c38-31-14-27(15-32(39)18-31)22-45-34-16-23(7-9-33(34)36-19-24-11-25(20-36)13-26(12-24)21-36)3-1-4-28(8-10-35(43)44)29-5-2-6-30(17-29)37(40,41)42/h2,4-10,14-18,24-26H,1,3,11-13,19-22H2,(H,43,44)/b10-8-,28-4-. The molecule has 3 nitrogen and oxygen atoms in total. The molecule has 3 aromatic carbocycles. The topological polar surface area (TPSA) is 46.5 Å². The second-order valence-corrected chi connectivity index (χ2v) is 13.0. The van der Waals surface area contributed by atoms with Gasteiger partial charge in [0.1, 0.15) is 24.0 Å². The number of carbonyl (C=O) groups is 1. The van der Waals surface area contributed by atoms with Crippen molar-refractivity contribution in [1.29, 1.82) is 0 Å². The molecule has 45 heavy (non-hydrogen) atoms. The van der Waals surface area contributed by atoms with Gasteiger partial charge in [0.05, 0.1) is 5.56 Å². The van der Waals surface area contributed by atoms with Crippen LogP contribution in [0.25, 0.3) is 5.57 Å². The number of hydrogen-bond donors (Lipinski definition) is 1. The highest BCUT2D eigenvalue weighted by Gasteiger charge is 2.52. The van der Waals surface area contributed by atoms with Gasteiger partial charge in [-0.05, 0) is 133 Å². The number of hydrogen-bond acceptors (Lipinski definition) is 2. The van der Waals surface area contributed by atoms with E-state index in [0.717, 1.165) is 54.7 Å². The minimum Gasteiger partial charge on any atom is -0.489 e. The minimum absolute atomic E-state index is 0.0110. The lowest BCUT2D eigenvalue weighted by Gasteiger charge is -2.57. The van der Waals surface area contributed by atoms with Crippen LogP contribution >= 0.6 is 0 Å². The average Bonchev–Trinajstić information content (AvgIpc) is 2.96. The van der Waals surface area contributed by atoms with Crippen molar-refractivity contribution in [3.8, 4) is 5.75 Å². The molecule has 0 aromatic heterocycles. The molecule has 0 saturated heterocycles. The van der Waals surface area contributed by atoms with Gasteiger partial charge in [0.25, 0.3) is 0 Å². The maximum Gasteiger partial charge on any atom is 0.416 e. The van der Waals surface area contributed by atoms with E-state index >= 15 is 0 Å². The maximum atomic E-state index is 13.9. The summed E-state index contributed by atoms with van der Waals surface area (Å²) in [6.45, 7) is 0.0110. The highest BCUT2D eigenvalue weighted by Crippen LogP contribution is 2.62. The second-order valence-electron chi connectivity index (χ2n) is 13.0. The molecule has 0 atom stereocenters. The third kappa shape index (κ3) is 7.15. The van der Waals surface area contributed by atoms with Gasteiger partial charge in [0, 0.05) is 17.7 Å². The molecule has 4 bridgehead atoms. The third-order valence-electron chi connectivity index (χ3n) is 9.70. The van der Waals surface area contributed by atoms with Crippen LogP contribution in [0.1, 0.15) is 72.8 Å². The van der Waals surface area contributed by atoms with Crippen LogP contribution in [0.4, 0.5) is 22.0 Å². The van der Waals surface area contributed by atoms with Crippen molar-refractivity contribution in [2.24, 2.45) is 17.8 Å². The second kappa shape index (κ2) is 12.5. The van der Waals surface area contributed by atoms with Crippen LogP contribution in [-0.2, 0) is 29.4 Å². The first-order valence-corrected chi connectivity index (χ1v) is 15.5. The maximum absolute atomic E-state index is 13.9. The number of benzene rings is 3. The van der Waals surface area contributed by atoms with Crippen LogP contribution in [0.3, 0.4) is 0 Å². The lowest BCUT2D eigenvalue weighted by atomic mass is 9.48. The molecule has 8 heteroatoms. The monoisotopic (exact) mass is 622 g/mol. The first-order valence-electron chi connectivity index (χ1n) is 15.5. The normalized spacial score (nSPS) is 24.4. The Balaban J connectivity index is 1.28. The number of carboxylic acid groups (broad SMARTS) is 1. The molecule has 0 amide bonds. The van der Waals surface area contributed by atoms with Gasteiger partial charge < -0.3 is 9.84 Å². The van der Waals surface area contributed by atoms with Gasteiger partial charge in [-0.15, -0.1) is 0 Å². The molecular formula is C37H35F5O3. The van der Waals surface area contributed by atoms with Crippen molar-refractivity contribution in [3.63, 3.8) is 0 Å². The van der Waals surface area contributed by atoms with Crippen molar-refractivity contribution >= 4 is 11.5 Å². The molecular weight excluding hydrogens is 587 g/mol. The summed E-state index contributed by atoms with van der Waals surface area (Å²) in [6, 6.07) is 14.4. The number of ether oxygens (including phenoxy) is 1. The predicted molar refractivity (Wildman–Crippen MR) is 161 cm³/mol. The fourth-order valence-corrected chi connectivity index (χ4v) is 8.29. The Morgan fingerprint density at radius 2 is 1.53 bits per heavy atom. The number of allylic oxidation sites excluding steroid dienone is 3. The van der Waals surface area contributed by atoms with Crippen molar-refractivity contribution in [3.05, 3.63) is 118 Å². The Morgan fingerprint density at radius 1 is 0.867 bits per heavy atom. The summed E-state index contributed by atoms with van der Waals surface area (Å²) >= 11 is 0. The van der Waals surface area contributed by atoms with Crippen molar-refractivity contribution in [2.75, 3.05) is 0 Å². The molecule has 4 fully saturated rings. The Labute approximate surface area is 259 Å². The van der Waals surface area contributed by atoms with E-state index in [4.69, 9.17) is 9.84 Å². The molecule has 0 spiro atoms. The fraction of sp³-hybridized carbons (Fsp3) is 0.378. The lowest BCUT2D eigenvalue weighted by Crippen LogP contribution is -2.48. The predicted octanol–water partition coefficient (Wildman–Crippen LogP) is 9.69. The number of alkyl halides is 3. The van der Waals surface area contributed by atoms with Gasteiger partial charge in [0.2, 0.25) is 0 Å². The highest BCUT2D eigenvalue weighted by atomic mass is 19.4. The van der Waals surface area contributed by atoms with Crippen LogP contribution in [0.5, 0.6) is 5.75 Å². The number of aryl methyl sites for hydroxylation is 1. The molecule has 0 heterocycles. The fourth-order valence-electron chi connectivity index (χ4n) is 8.29. The van der Waals surface area contributed by atoms with Gasteiger partial charge >= 0.3 is 12.1 Å². The molecule has 7 rings (SSSR count). The van der Waals surface area contributed by atoms with Gasteiger partial charge in [0.15, 0.2) is 0 Å². The number of carboxylic acids is 1. The lowest BCUT2D eigenvalue weighted by molar-refractivity contribution is -0.137. The quantitative estimate of drug-likeness (QED) is 0.139. The largest absolute Gasteiger partial charge is 0.489 e. The number of aliphatic carboxylic acids is 1. The molecule has 0 radical (unpaired) electrons. The molecule has 3 aromatic rings. The summed E-state index contributed by atoms with van der Waals surface area (Å²) in [4.78, 5) is 11.2. The molecule has 4 saturated carbocycles. The van der Waals surface area contributed by atoms with Crippen molar-refractivity contribution < 1.29 is 36.6 Å². The summed E-state index contributed by atoms with van der Waals surface area (Å²) in [5, 5.41) is 9.16. The average molecular weight is 623 g/mol. The van der Waals surface area contributed by atoms with Crippen molar-refractivity contribution in [1.82, 2.24) is 0 Å². The van der Waals surface area contributed by atoms with E-state index in [2.05, 4.69) is 12.1 Å². The summed E-state index contributed by atoms with van der Waals surface area (Å²) in [6.07, 6.45) is 7.58. The van der Waals surface area contributed by atoms with E-state index in [0.29, 0.717) is 47.5 Å². The Morgan fingerprint density at radius 3 is 2.16 bits per heavy atom. The zero-order valence-electron chi connectivity index (χ0n) is 24.8. The SMILES string of the molecule is O=C(O)/C=C\C(=C\CCc1ccc(C23CC4CC(CC(C4)C2)C3)c(OCc2cc(F)cc(F)c2)c1)c1cccc(C(F)(F)F)c1. The number of rotatable bonds is 10. The van der Waals surface area contributed by atoms with Gasteiger partial charge in [-0.25, -0.2) is 13.6 Å². The summed E-state index contributed by atoms with van der Waals surface area (Å²) in [5.74, 6) is 0.297. The summed E-state index contributed by atoms with van der Waals surface area (Å²) in [7, 11) is 0. The summed E-state index contributed by atoms with van der Waals surface area (Å²) < 4.78 is 74.2. The van der Waals surface area contributed by atoms with Crippen LogP contribution in [0, 0.1) is 29.4 Å². The molecule has 0 unspecified atom stereocenters. The zero-order chi connectivity index (χ0) is 31.8. The first-order chi connectivity index (χ1) is 21.5. The van der Waals surface area contributed by atoms with Crippen LogP contribution in [0.2, 0.25) is 0 Å². The van der Waals surface area contributed by atoms with E-state index in [1.165, 1.54) is 49.6 Å². The van der Waals surface area contributed by atoms with Crippen LogP contribution in [0.15, 0.2) is 78.9 Å². The van der Waals surface area contributed by atoms with Crippen molar-refractivity contribution in [2.45, 2.75) is 69.6 Å². The van der Waals surface area contributed by atoms with E-state index in [-0.39, 0.29) is 17.6 Å². The molecule has 4 aliphatic carbocycles. The zero-order valence-corrected chi connectivity index (χ0v) is 24.8. The van der Waals surface area contributed by atoms with E-state index in [1.54, 1.807) is 6.08 Å².